The zero-order valence-corrected chi connectivity index (χ0v) is 15.9. The smallest absolute Gasteiger partial charge is 0.323 e. The molecule has 1 unspecified atom stereocenters. The molecule has 2 amide bonds. The van der Waals surface area contributed by atoms with Crippen molar-refractivity contribution in [3.05, 3.63) is 48.3 Å². The van der Waals surface area contributed by atoms with Crippen LogP contribution in [0.1, 0.15) is 36.5 Å². The molecule has 3 rings (SSSR count). The molecule has 1 atom stereocenters. The summed E-state index contributed by atoms with van der Waals surface area (Å²) in [7, 11) is 0. The first-order valence-corrected chi connectivity index (χ1v) is 9.48. The maximum absolute atomic E-state index is 13.1. The maximum atomic E-state index is 13.1. The van der Waals surface area contributed by atoms with Gasteiger partial charge in [-0.15, -0.1) is 0 Å². The van der Waals surface area contributed by atoms with Gasteiger partial charge in [-0.05, 0) is 24.8 Å². The number of benzene rings is 1. The molecule has 1 fully saturated rings. The van der Waals surface area contributed by atoms with E-state index in [-0.39, 0.29) is 24.4 Å². The molecule has 0 radical (unpaired) electrons. The first-order chi connectivity index (χ1) is 13.5. The van der Waals surface area contributed by atoms with E-state index in [1.54, 1.807) is 11.1 Å². The average Bonchev–Trinajstić information content (AvgIpc) is 3.04. The Hall–Kier alpha value is -3.09. The molecule has 2 heterocycles. The van der Waals surface area contributed by atoms with Gasteiger partial charge in [-0.1, -0.05) is 30.3 Å². The average molecular weight is 383 g/mol. The van der Waals surface area contributed by atoms with E-state index in [1.807, 2.05) is 36.5 Å². The van der Waals surface area contributed by atoms with E-state index in [2.05, 4.69) is 4.98 Å². The lowest BCUT2D eigenvalue weighted by atomic mass is 10.0. The van der Waals surface area contributed by atoms with E-state index < -0.39 is 5.97 Å². The third-order valence-electron chi connectivity index (χ3n) is 5.20. The van der Waals surface area contributed by atoms with Gasteiger partial charge in [-0.2, -0.15) is 0 Å². The lowest BCUT2D eigenvalue weighted by Crippen LogP contribution is -2.43. The fourth-order valence-electron chi connectivity index (χ4n) is 3.80. The van der Waals surface area contributed by atoms with Gasteiger partial charge in [0.05, 0.1) is 5.56 Å². The minimum atomic E-state index is -1.02. The zero-order valence-electron chi connectivity index (χ0n) is 15.9. The SMILES string of the molecule is CC(=O)N(CC(=O)O)C1CCCN(C(=O)c2c[nH]cc2-c2ccccc2)CC1. The normalized spacial score (nSPS) is 17.0. The Morgan fingerprint density at radius 3 is 2.57 bits per heavy atom. The summed E-state index contributed by atoms with van der Waals surface area (Å²) >= 11 is 0. The number of nitrogens with one attached hydrogen (secondary N) is 1. The van der Waals surface area contributed by atoms with Crippen LogP contribution in [0.2, 0.25) is 0 Å². The molecular formula is C21H25N3O4. The van der Waals surface area contributed by atoms with Gasteiger partial charge in [0.1, 0.15) is 6.54 Å². The standard InChI is InChI=1S/C21H25N3O4/c1-15(25)24(14-20(26)27)17-8-5-10-23(11-9-17)21(28)19-13-22-12-18(19)16-6-3-2-4-7-16/h2-4,6-7,12-13,17,22H,5,8-11,14H2,1H3,(H,26,27). The zero-order chi connectivity index (χ0) is 20.1. The van der Waals surface area contributed by atoms with Crippen LogP contribution in [0, 0.1) is 0 Å². The van der Waals surface area contributed by atoms with Crippen molar-refractivity contribution in [3.63, 3.8) is 0 Å². The molecule has 148 valence electrons. The molecular weight excluding hydrogens is 358 g/mol. The van der Waals surface area contributed by atoms with Crippen molar-refractivity contribution < 1.29 is 19.5 Å². The fourth-order valence-corrected chi connectivity index (χ4v) is 3.80. The second-order valence-electron chi connectivity index (χ2n) is 7.07. The fraction of sp³-hybridized carbons (Fsp3) is 0.381. The van der Waals surface area contributed by atoms with Crippen LogP contribution < -0.4 is 0 Å². The van der Waals surface area contributed by atoms with Crippen LogP contribution in [-0.4, -0.2) is 63.4 Å². The Bertz CT molecular complexity index is 846. The Morgan fingerprint density at radius 1 is 1.14 bits per heavy atom. The van der Waals surface area contributed by atoms with Crippen LogP contribution in [0.25, 0.3) is 11.1 Å². The largest absolute Gasteiger partial charge is 0.480 e. The van der Waals surface area contributed by atoms with E-state index in [4.69, 9.17) is 5.11 Å². The van der Waals surface area contributed by atoms with Crippen LogP contribution >= 0.6 is 0 Å². The van der Waals surface area contributed by atoms with Gasteiger partial charge in [0, 0.05) is 44.0 Å². The van der Waals surface area contributed by atoms with Crippen molar-refractivity contribution in [1.29, 1.82) is 0 Å². The summed E-state index contributed by atoms with van der Waals surface area (Å²) in [5.74, 6) is -1.32. The molecule has 0 bridgehead atoms. The number of aliphatic carboxylic acids is 1. The molecule has 1 aliphatic rings. The molecule has 0 spiro atoms. The minimum Gasteiger partial charge on any atom is -0.480 e. The third-order valence-corrected chi connectivity index (χ3v) is 5.20. The summed E-state index contributed by atoms with van der Waals surface area (Å²) in [6.07, 6.45) is 5.54. The molecule has 1 aliphatic heterocycles. The topological polar surface area (TPSA) is 93.7 Å². The number of aromatic nitrogens is 1. The lowest BCUT2D eigenvalue weighted by molar-refractivity contribution is -0.145. The molecule has 1 saturated heterocycles. The molecule has 0 aliphatic carbocycles. The van der Waals surface area contributed by atoms with Gasteiger partial charge in [0.2, 0.25) is 5.91 Å². The number of nitrogens with zero attached hydrogens (tertiary/aromatic N) is 2. The lowest BCUT2D eigenvalue weighted by Gasteiger charge is -2.28. The highest BCUT2D eigenvalue weighted by Gasteiger charge is 2.28. The Kier molecular flexibility index (Phi) is 6.13. The Labute approximate surface area is 164 Å². The number of carbonyl (C=O) groups is 3. The third kappa shape index (κ3) is 4.42. The quantitative estimate of drug-likeness (QED) is 0.830. The minimum absolute atomic E-state index is 0.0478. The van der Waals surface area contributed by atoms with Crippen LogP contribution in [-0.2, 0) is 9.59 Å². The van der Waals surface area contributed by atoms with Crippen molar-refractivity contribution in [2.24, 2.45) is 0 Å². The van der Waals surface area contributed by atoms with Crippen LogP contribution in [0.4, 0.5) is 0 Å². The Balaban J connectivity index is 1.73. The van der Waals surface area contributed by atoms with Gasteiger partial charge < -0.3 is 19.9 Å². The molecule has 2 aromatic rings. The maximum Gasteiger partial charge on any atom is 0.323 e. The number of likely N-dealkylation sites (tertiary alicyclic amines) is 1. The summed E-state index contributed by atoms with van der Waals surface area (Å²) < 4.78 is 0. The summed E-state index contributed by atoms with van der Waals surface area (Å²) in [6, 6.07) is 9.58. The highest BCUT2D eigenvalue weighted by atomic mass is 16.4. The van der Waals surface area contributed by atoms with Crippen molar-refractivity contribution in [1.82, 2.24) is 14.8 Å². The number of aromatic amines is 1. The van der Waals surface area contributed by atoms with Crippen LogP contribution in [0.5, 0.6) is 0 Å². The Morgan fingerprint density at radius 2 is 1.89 bits per heavy atom. The number of rotatable bonds is 5. The number of carboxylic acid groups (broad SMARTS) is 1. The van der Waals surface area contributed by atoms with Gasteiger partial charge >= 0.3 is 5.97 Å². The summed E-state index contributed by atoms with van der Waals surface area (Å²) in [5.41, 5.74) is 2.46. The van der Waals surface area contributed by atoms with Crippen molar-refractivity contribution in [3.8, 4) is 11.1 Å². The second kappa shape index (κ2) is 8.73. The highest BCUT2D eigenvalue weighted by molar-refractivity contribution is 6.00. The number of carbonyl (C=O) groups excluding carboxylic acids is 2. The summed E-state index contributed by atoms with van der Waals surface area (Å²) in [6.45, 7) is 2.17. The predicted molar refractivity (Wildman–Crippen MR) is 105 cm³/mol. The molecule has 0 saturated carbocycles. The van der Waals surface area contributed by atoms with Crippen molar-refractivity contribution in [2.75, 3.05) is 19.6 Å². The summed E-state index contributed by atoms with van der Waals surface area (Å²) in [5, 5.41) is 9.08. The first kappa shape index (κ1) is 19.7. The second-order valence-corrected chi connectivity index (χ2v) is 7.07. The van der Waals surface area contributed by atoms with Crippen LogP contribution in [0.15, 0.2) is 42.7 Å². The van der Waals surface area contributed by atoms with E-state index >= 15 is 0 Å². The molecule has 7 nitrogen and oxygen atoms in total. The van der Waals surface area contributed by atoms with E-state index in [0.29, 0.717) is 31.5 Å². The van der Waals surface area contributed by atoms with Gasteiger partial charge in [-0.3, -0.25) is 14.4 Å². The van der Waals surface area contributed by atoms with E-state index in [1.165, 1.54) is 11.8 Å². The summed E-state index contributed by atoms with van der Waals surface area (Å²) in [4.78, 5) is 42.3. The molecule has 1 aromatic heterocycles. The number of carboxylic acids is 1. The number of hydrogen-bond acceptors (Lipinski definition) is 3. The number of amides is 2. The first-order valence-electron chi connectivity index (χ1n) is 9.48. The van der Waals surface area contributed by atoms with E-state index in [0.717, 1.165) is 17.5 Å². The van der Waals surface area contributed by atoms with Crippen molar-refractivity contribution >= 4 is 17.8 Å². The monoisotopic (exact) mass is 383 g/mol. The molecule has 7 heteroatoms. The highest BCUT2D eigenvalue weighted by Crippen LogP contribution is 2.26. The van der Waals surface area contributed by atoms with E-state index in [9.17, 15) is 14.4 Å². The predicted octanol–water partition coefficient (Wildman–Crippen LogP) is 2.61. The van der Waals surface area contributed by atoms with Gasteiger partial charge in [0.25, 0.3) is 5.91 Å². The molecule has 28 heavy (non-hydrogen) atoms. The molecule has 1 aromatic carbocycles. The van der Waals surface area contributed by atoms with Crippen LogP contribution in [0.3, 0.4) is 0 Å². The number of hydrogen-bond donors (Lipinski definition) is 2. The van der Waals surface area contributed by atoms with Gasteiger partial charge in [0.15, 0.2) is 0 Å². The van der Waals surface area contributed by atoms with Gasteiger partial charge in [-0.25, -0.2) is 0 Å². The van der Waals surface area contributed by atoms with Crippen molar-refractivity contribution in [2.45, 2.75) is 32.2 Å². The molecule has 2 N–H and O–H groups in total. The number of H-pyrrole nitrogens is 1.